The number of halogens is 2. The van der Waals surface area contributed by atoms with Crippen LogP contribution in [0.3, 0.4) is 0 Å². The molecule has 0 bridgehead atoms. The molecule has 0 unspecified atom stereocenters. The highest BCUT2D eigenvalue weighted by Crippen LogP contribution is 2.30. The van der Waals surface area contributed by atoms with E-state index in [0.29, 0.717) is 27.4 Å². The Labute approximate surface area is 209 Å². The van der Waals surface area contributed by atoms with Gasteiger partial charge in [-0.25, -0.2) is 8.42 Å². The van der Waals surface area contributed by atoms with Crippen LogP contribution in [0.15, 0.2) is 68.7 Å². The average Bonchev–Trinajstić information content (AvgIpc) is 3.42. The Morgan fingerprint density at radius 2 is 1.91 bits per heavy atom. The van der Waals surface area contributed by atoms with Crippen molar-refractivity contribution in [1.29, 1.82) is 0 Å². The molecule has 5 rings (SSSR count). The average molecular weight is 531 g/mol. The van der Waals surface area contributed by atoms with Crippen LogP contribution in [-0.2, 0) is 27.5 Å². The van der Waals surface area contributed by atoms with E-state index in [4.69, 9.17) is 23.2 Å². The number of rotatable bonds is 6. The Bertz CT molecular complexity index is 1670. The van der Waals surface area contributed by atoms with Gasteiger partial charge >= 0.3 is 0 Å². The van der Waals surface area contributed by atoms with Crippen LogP contribution >= 0.6 is 34.5 Å². The van der Waals surface area contributed by atoms with Crippen LogP contribution in [0.4, 0.5) is 5.69 Å². The summed E-state index contributed by atoms with van der Waals surface area (Å²) in [5.74, 6) is -1.09. The monoisotopic (exact) mass is 530 g/mol. The smallest absolute Gasteiger partial charge is 0.263 e. The SMILES string of the molecule is O=C(Cc1ccc(-n2ccc3cc4c(cc3c2=O)CC=N4)c(Cl)c1)CS(=O)(=O)c1ccc(Cl)s1. The van der Waals surface area contributed by atoms with Crippen molar-refractivity contribution >= 4 is 72.8 Å². The number of Topliss-reactive ketones (excluding diaryl/α,β-unsaturated/α-hetero) is 1. The molecule has 1 aliphatic heterocycles. The third-order valence-corrected chi connectivity index (χ3v) is 9.32. The summed E-state index contributed by atoms with van der Waals surface area (Å²) in [7, 11) is -3.75. The largest absolute Gasteiger partial charge is 0.298 e. The number of sulfone groups is 1. The number of nitrogens with zero attached hydrogens (tertiary/aromatic N) is 2. The molecule has 34 heavy (non-hydrogen) atoms. The topological polar surface area (TPSA) is 85.6 Å². The van der Waals surface area contributed by atoms with Crippen molar-refractivity contribution in [3.63, 3.8) is 0 Å². The molecular weight excluding hydrogens is 515 g/mol. The van der Waals surface area contributed by atoms with Gasteiger partial charge in [0.05, 0.1) is 20.7 Å². The predicted molar refractivity (Wildman–Crippen MR) is 137 cm³/mol. The van der Waals surface area contributed by atoms with E-state index in [1.807, 2.05) is 24.4 Å². The lowest BCUT2D eigenvalue weighted by Crippen LogP contribution is -2.19. The van der Waals surface area contributed by atoms with Crippen molar-refractivity contribution in [2.24, 2.45) is 4.99 Å². The second-order valence-electron chi connectivity index (χ2n) is 7.89. The zero-order chi connectivity index (χ0) is 24.0. The summed E-state index contributed by atoms with van der Waals surface area (Å²) < 4.78 is 26.7. The zero-order valence-electron chi connectivity index (χ0n) is 17.5. The molecule has 172 valence electrons. The molecule has 1 aliphatic rings. The minimum Gasteiger partial charge on any atom is -0.298 e. The van der Waals surface area contributed by atoms with Gasteiger partial charge in [-0.2, -0.15) is 0 Å². The van der Waals surface area contributed by atoms with Crippen LogP contribution in [0.25, 0.3) is 16.5 Å². The molecule has 0 aliphatic carbocycles. The van der Waals surface area contributed by atoms with Crippen molar-refractivity contribution in [2.45, 2.75) is 17.1 Å². The molecule has 0 amide bonds. The first-order valence-electron chi connectivity index (χ1n) is 10.2. The number of pyridine rings is 1. The number of aromatic nitrogens is 1. The van der Waals surface area contributed by atoms with E-state index in [-0.39, 0.29) is 21.2 Å². The zero-order valence-corrected chi connectivity index (χ0v) is 20.6. The summed E-state index contributed by atoms with van der Waals surface area (Å²) in [6, 6.07) is 13.4. The standard InChI is InChI=1S/C24H16Cl2N2O4S2/c25-19-10-14(9-17(29)13-34(31,32)23-4-3-22(26)33-23)1-2-21(19)28-8-6-15-12-20-16(5-7-27-20)11-18(15)24(28)30/h1-4,6-8,10-12H,5,9,13H2. The van der Waals surface area contributed by atoms with Crippen LogP contribution < -0.4 is 5.56 Å². The van der Waals surface area contributed by atoms with E-state index >= 15 is 0 Å². The highest BCUT2D eigenvalue weighted by Gasteiger charge is 2.22. The molecule has 2 aromatic carbocycles. The Morgan fingerprint density at radius 1 is 1.09 bits per heavy atom. The van der Waals surface area contributed by atoms with E-state index in [0.717, 1.165) is 28.0 Å². The molecule has 0 atom stereocenters. The van der Waals surface area contributed by atoms with Crippen LogP contribution in [0, 0.1) is 0 Å². The van der Waals surface area contributed by atoms with Crippen LogP contribution in [0.2, 0.25) is 9.36 Å². The van der Waals surface area contributed by atoms with E-state index in [1.165, 1.54) is 16.7 Å². The highest BCUT2D eigenvalue weighted by molar-refractivity contribution is 7.94. The molecule has 4 aromatic rings. The second-order valence-corrected chi connectivity index (χ2v) is 12.2. The Hall–Kier alpha value is -2.78. The Kier molecular flexibility index (Phi) is 5.93. The fourth-order valence-corrected chi connectivity index (χ4v) is 7.03. The lowest BCUT2D eigenvalue weighted by molar-refractivity contribution is -0.116. The molecule has 0 radical (unpaired) electrons. The van der Waals surface area contributed by atoms with E-state index in [2.05, 4.69) is 4.99 Å². The summed E-state index contributed by atoms with van der Waals surface area (Å²) in [6.45, 7) is 0. The number of benzene rings is 2. The van der Waals surface area contributed by atoms with Gasteiger partial charge in [-0.3, -0.25) is 19.1 Å². The van der Waals surface area contributed by atoms with Crippen molar-refractivity contribution in [3.05, 3.63) is 85.6 Å². The molecule has 6 nitrogen and oxygen atoms in total. The van der Waals surface area contributed by atoms with Gasteiger partial charge in [-0.05, 0) is 59.0 Å². The Balaban J connectivity index is 1.39. The molecule has 10 heteroatoms. The lowest BCUT2D eigenvalue weighted by atomic mass is 10.1. The molecule has 0 N–H and O–H groups in total. The first-order chi connectivity index (χ1) is 16.2. The number of ketones is 1. The second kappa shape index (κ2) is 8.78. The Morgan fingerprint density at radius 3 is 2.65 bits per heavy atom. The number of fused-ring (bicyclic) bond motifs is 2. The number of hydrogen-bond acceptors (Lipinski definition) is 6. The first-order valence-corrected chi connectivity index (χ1v) is 13.4. The molecule has 0 fully saturated rings. The van der Waals surface area contributed by atoms with Crippen molar-refractivity contribution in [1.82, 2.24) is 4.57 Å². The molecule has 0 saturated heterocycles. The summed E-state index contributed by atoms with van der Waals surface area (Å²) in [5, 5.41) is 1.65. The van der Waals surface area contributed by atoms with Crippen LogP contribution in [0.1, 0.15) is 11.1 Å². The predicted octanol–water partition coefficient (Wildman–Crippen LogP) is 5.20. The summed E-state index contributed by atoms with van der Waals surface area (Å²) in [5.41, 5.74) is 2.70. The number of hydrogen-bond donors (Lipinski definition) is 0. The van der Waals surface area contributed by atoms with Gasteiger partial charge in [-0.15, -0.1) is 11.3 Å². The quantitative estimate of drug-likeness (QED) is 0.342. The number of carbonyl (C=O) groups is 1. The van der Waals surface area contributed by atoms with Gasteiger partial charge in [0.2, 0.25) is 0 Å². The van der Waals surface area contributed by atoms with Crippen molar-refractivity contribution in [2.75, 3.05) is 5.75 Å². The van der Waals surface area contributed by atoms with Gasteiger partial charge < -0.3 is 0 Å². The maximum atomic E-state index is 13.2. The molecule has 0 spiro atoms. The minimum absolute atomic E-state index is 0.0621. The lowest BCUT2D eigenvalue weighted by Gasteiger charge is -2.11. The van der Waals surface area contributed by atoms with Gasteiger partial charge in [0.25, 0.3) is 5.56 Å². The van der Waals surface area contributed by atoms with Crippen LogP contribution in [-0.4, -0.2) is 30.7 Å². The summed E-state index contributed by atoms with van der Waals surface area (Å²) >= 11 is 13.2. The fourth-order valence-electron chi connectivity index (χ4n) is 3.92. The third-order valence-electron chi connectivity index (χ3n) is 5.52. The molecular formula is C24H16Cl2N2O4S2. The normalized spacial score (nSPS) is 12.9. The molecule has 0 saturated carbocycles. The third kappa shape index (κ3) is 4.34. The van der Waals surface area contributed by atoms with Gasteiger partial charge in [0, 0.05) is 30.6 Å². The van der Waals surface area contributed by atoms with E-state index in [9.17, 15) is 18.0 Å². The van der Waals surface area contributed by atoms with Gasteiger partial charge in [-0.1, -0.05) is 29.3 Å². The maximum absolute atomic E-state index is 13.2. The van der Waals surface area contributed by atoms with Crippen molar-refractivity contribution < 1.29 is 13.2 Å². The van der Waals surface area contributed by atoms with Crippen molar-refractivity contribution in [3.8, 4) is 5.69 Å². The molecule has 2 aromatic heterocycles. The number of carbonyl (C=O) groups excluding carboxylic acids is 1. The first kappa shape index (κ1) is 23.0. The van der Waals surface area contributed by atoms with E-state index < -0.39 is 21.4 Å². The maximum Gasteiger partial charge on any atom is 0.263 e. The van der Waals surface area contributed by atoms with E-state index in [1.54, 1.807) is 24.4 Å². The summed E-state index contributed by atoms with van der Waals surface area (Å²) in [6.07, 6.45) is 4.07. The van der Waals surface area contributed by atoms with Gasteiger partial charge in [0.15, 0.2) is 15.6 Å². The molecule has 3 heterocycles. The fraction of sp³-hybridized carbons (Fsp3) is 0.125. The van der Waals surface area contributed by atoms with Gasteiger partial charge in [0.1, 0.15) is 9.96 Å². The summed E-state index contributed by atoms with van der Waals surface area (Å²) in [4.78, 5) is 29.9. The highest BCUT2D eigenvalue weighted by atomic mass is 35.5. The number of thiophene rings is 1. The number of aliphatic imine (C=N–C) groups is 1. The minimum atomic E-state index is -3.75. The van der Waals surface area contributed by atoms with Crippen LogP contribution in [0.5, 0.6) is 0 Å².